The minimum absolute atomic E-state index is 0.0463. The highest BCUT2D eigenvalue weighted by atomic mass is 35.5. The van der Waals surface area contributed by atoms with Gasteiger partial charge in [0.15, 0.2) is 11.6 Å². The Morgan fingerprint density at radius 2 is 1.84 bits per heavy atom. The smallest absolute Gasteiger partial charge is 0.267 e. The van der Waals surface area contributed by atoms with Gasteiger partial charge in [-0.3, -0.25) is 4.79 Å². The number of carbonyl (C=O) groups excluding carboxylic acids is 1. The van der Waals surface area contributed by atoms with Gasteiger partial charge in [-0.15, -0.1) is 0 Å². The number of ether oxygens (including phenoxy) is 1. The summed E-state index contributed by atoms with van der Waals surface area (Å²) in [5, 5.41) is 0.0463. The number of benzene rings is 2. The molecule has 2 aromatic rings. The highest BCUT2D eigenvalue weighted by Gasteiger charge is 2.19. The molecule has 5 nitrogen and oxygen atoms in total. The van der Waals surface area contributed by atoms with Crippen LogP contribution in [-0.2, 0) is 16.6 Å². The molecule has 2 rings (SSSR count). The molecule has 25 heavy (non-hydrogen) atoms. The Morgan fingerprint density at radius 3 is 2.44 bits per heavy atom. The van der Waals surface area contributed by atoms with Gasteiger partial charge in [-0.1, -0.05) is 17.7 Å². The Morgan fingerprint density at radius 1 is 1.16 bits per heavy atom. The zero-order valence-corrected chi connectivity index (χ0v) is 14.2. The van der Waals surface area contributed by atoms with Crippen LogP contribution in [0.2, 0.25) is 5.02 Å². The molecule has 0 aliphatic carbocycles. The molecular formula is C15H11ClF3NO4S. The molecule has 1 amide bonds. The molecule has 0 bridgehead atoms. The molecular weight excluding hydrogens is 383 g/mol. The maximum atomic E-state index is 14.0. The van der Waals surface area contributed by atoms with Gasteiger partial charge in [0, 0.05) is 11.6 Å². The average molecular weight is 394 g/mol. The molecule has 0 saturated carbocycles. The van der Waals surface area contributed by atoms with Crippen molar-refractivity contribution in [2.75, 3.05) is 6.26 Å². The number of amides is 1. The van der Waals surface area contributed by atoms with Gasteiger partial charge in [0.2, 0.25) is 10.0 Å². The Labute approximate surface area is 146 Å². The molecule has 0 aromatic heterocycles. The van der Waals surface area contributed by atoms with Crippen LogP contribution >= 0.6 is 11.6 Å². The van der Waals surface area contributed by atoms with E-state index in [2.05, 4.69) is 0 Å². The summed E-state index contributed by atoms with van der Waals surface area (Å²) in [6.07, 6.45) is 0.697. The fraction of sp³-hybridized carbons (Fsp3) is 0.133. The Balaban J connectivity index is 2.20. The molecule has 10 heteroatoms. The van der Waals surface area contributed by atoms with E-state index in [9.17, 15) is 26.4 Å². The lowest BCUT2D eigenvalue weighted by Crippen LogP contribution is -2.30. The van der Waals surface area contributed by atoms with E-state index in [1.807, 2.05) is 0 Å². The Kier molecular flexibility index (Phi) is 5.58. The third-order valence-corrected chi connectivity index (χ3v) is 3.85. The zero-order chi connectivity index (χ0) is 18.8. The molecule has 0 unspecified atom stereocenters. The van der Waals surface area contributed by atoms with E-state index in [0.29, 0.717) is 24.0 Å². The van der Waals surface area contributed by atoms with E-state index in [-0.39, 0.29) is 11.6 Å². The normalized spacial score (nSPS) is 11.2. The first kappa shape index (κ1) is 19.1. The van der Waals surface area contributed by atoms with Crippen LogP contribution in [-0.4, -0.2) is 20.6 Å². The summed E-state index contributed by atoms with van der Waals surface area (Å²) in [5.74, 6) is -4.66. The number of halogens is 4. The summed E-state index contributed by atoms with van der Waals surface area (Å²) < 4.78 is 69.4. The molecule has 0 aliphatic rings. The number of sulfonamides is 1. The molecule has 0 atom stereocenters. The summed E-state index contributed by atoms with van der Waals surface area (Å²) in [7, 11) is -3.93. The Hall–Kier alpha value is -2.26. The first-order chi connectivity index (χ1) is 11.6. The lowest BCUT2D eigenvalue weighted by molar-refractivity contribution is 0.0977. The molecule has 1 N–H and O–H groups in total. The summed E-state index contributed by atoms with van der Waals surface area (Å²) in [4.78, 5) is 11.6. The summed E-state index contributed by atoms with van der Waals surface area (Å²) in [6.45, 7) is -0.273. The lowest BCUT2D eigenvalue weighted by Gasteiger charge is -2.11. The SMILES string of the molecule is CS(=O)(=O)NC(=O)c1cc(F)c(OCc2ccc(F)cc2Cl)cc1F. The molecule has 0 heterocycles. The first-order valence-electron chi connectivity index (χ1n) is 6.64. The second kappa shape index (κ2) is 7.32. The number of hydrogen-bond acceptors (Lipinski definition) is 4. The minimum atomic E-state index is -3.93. The van der Waals surface area contributed by atoms with Gasteiger partial charge < -0.3 is 4.74 Å². The second-order valence-corrected chi connectivity index (χ2v) is 7.15. The van der Waals surface area contributed by atoms with E-state index in [0.717, 1.165) is 12.1 Å². The van der Waals surface area contributed by atoms with E-state index in [1.54, 1.807) is 0 Å². The zero-order valence-electron chi connectivity index (χ0n) is 12.6. The monoisotopic (exact) mass is 393 g/mol. The van der Waals surface area contributed by atoms with Gasteiger partial charge in [0.25, 0.3) is 5.91 Å². The van der Waals surface area contributed by atoms with Crippen molar-refractivity contribution < 1.29 is 31.1 Å². The van der Waals surface area contributed by atoms with Gasteiger partial charge in [-0.2, -0.15) is 0 Å². The van der Waals surface area contributed by atoms with Crippen LogP contribution in [0.15, 0.2) is 30.3 Å². The van der Waals surface area contributed by atoms with Crippen LogP contribution in [0.4, 0.5) is 13.2 Å². The lowest BCUT2D eigenvalue weighted by atomic mass is 10.2. The summed E-state index contributed by atoms with van der Waals surface area (Å²) >= 11 is 5.80. The fourth-order valence-corrected chi connectivity index (χ4v) is 2.50. The molecule has 0 fully saturated rings. The highest BCUT2D eigenvalue weighted by molar-refractivity contribution is 7.89. The van der Waals surface area contributed by atoms with Crippen LogP contribution in [0.3, 0.4) is 0 Å². The average Bonchev–Trinajstić information content (AvgIpc) is 2.47. The van der Waals surface area contributed by atoms with Crippen LogP contribution in [0.1, 0.15) is 15.9 Å². The van der Waals surface area contributed by atoms with Crippen molar-refractivity contribution in [3.63, 3.8) is 0 Å². The molecule has 0 spiro atoms. The third-order valence-electron chi connectivity index (χ3n) is 2.94. The maximum Gasteiger partial charge on any atom is 0.267 e. The Bertz CT molecular complexity index is 935. The predicted molar refractivity (Wildman–Crippen MR) is 84.4 cm³/mol. The van der Waals surface area contributed by atoms with Crippen LogP contribution in [0, 0.1) is 17.5 Å². The van der Waals surface area contributed by atoms with E-state index >= 15 is 0 Å². The number of carbonyl (C=O) groups is 1. The van der Waals surface area contributed by atoms with Crippen LogP contribution in [0.5, 0.6) is 5.75 Å². The van der Waals surface area contributed by atoms with Crippen molar-refractivity contribution in [3.8, 4) is 5.75 Å². The van der Waals surface area contributed by atoms with Gasteiger partial charge >= 0.3 is 0 Å². The van der Waals surface area contributed by atoms with Crippen LogP contribution < -0.4 is 9.46 Å². The van der Waals surface area contributed by atoms with Gasteiger partial charge in [0.1, 0.15) is 18.2 Å². The largest absolute Gasteiger partial charge is 0.486 e. The number of hydrogen-bond donors (Lipinski definition) is 1. The number of nitrogens with one attached hydrogen (secondary N) is 1. The molecule has 2 aromatic carbocycles. The van der Waals surface area contributed by atoms with E-state index < -0.39 is 44.7 Å². The van der Waals surface area contributed by atoms with Crippen molar-refractivity contribution in [2.45, 2.75) is 6.61 Å². The molecule has 0 radical (unpaired) electrons. The fourth-order valence-electron chi connectivity index (χ4n) is 1.83. The highest BCUT2D eigenvalue weighted by Crippen LogP contribution is 2.24. The van der Waals surface area contributed by atoms with Gasteiger partial charge in [0.05, 0.1) is 16.8 Å². The molecule has 0 saturated heterocycles. The summed E-state index contributed by atoms with van der Waals surface area (Å²) in [5.41, 5.74) is -0.461. The topological polar surface area (TPSA) is 72.5 Å². The standard InChI is InChI=1S/C15H11ClF3NO4S/c1-25(22,23)20-15(21)10-5-13(19)14(6-12(10)18)24-7-8-2-3-9(17)4-11(8)16/h2-6H,7H2,1H3,(H,20,21). The molecule has 134 valence electrons. The quantitative estimate of drug-likeness (QED) is 0.847. The van der Waals surface area contributed by atoms with Crippen molar-refractivity contribution in [1.82, 2.24) is 4.72 Å². The first-order valence-corrected chi connectivity index (χ1v) is 8.91. The van der Waals surface area contributed by atoms with Crippen molar-refractivity contribution in [2.24, 2.45) is 0 Å². The van der Waals surface area contributed by atoms with Crippen molar-refractivity contribution in [1.29, 1.82) is 0 Å². The maximum absolute atomic E-state index is 14.0. The van der Waals surface area contributed by atoms with E-state index in [1.165, 1.54) is 10.8 Å². The van der Waals surface area contributed by atoms with Gasteiger partial charge in [-0.05, 0) is 18.2 Å². The molecule has 0 aliphatic heterocycles. The van der Waals surface area contributed by atoms with Gasteiger partial charge in [-0.25, -0.2) is 26.3 Å². The predicted octanol–water partition coefficient (Wildman–Crippen LogP) is 3.03. The van der Waals surface area contributed by atoms with Crippen molar-refractivity contribution >= 4 is 27.5 Å². The van der Waals surface area contributed by atoms with Crippen LogP contribution in [0.25, 0.3) is 0 Å². The minimum Gasteiger partial charge on any atom is -0.486 e. The number of rotatable bonds is 5. The summed E-state index contributed by atoms with van der Waals surface area (Å²) in [6, 6.07) is 4.59. The second-order valence-electron chi connectivity index (χ2n) is 4.99. The van der Waals surface area contributed by atoms with E-state index in [4.69, 9.17) is 16.3 Å². The third kappa shape index (κ3) is 5.10. The van der Waals surface area contributed by atoms with Crippen molar-refractivity contribution in [3.05, 3.63) is 63.9 Å².